The van der Waals surface area contributed by atoms with Crippen molar-refractivity contribution in [1.29, 1.82) is 0 Å². The molecular formula is C26H34N4O6. The molecule has 0 heterocycles. The molecule has 194 valence electrons. The van der Waals surface area contributed by atoms with Gasteiger partial charge in [0.15, 0.2) is 0 Å². The topological polar surface area (TPSA) is 121 Å². The van der Waals surface area contributed by atoms with Gasteiger partial charge in [-0.25, -0.2) is 9.59 Å². The lowest BCUT2D eigenvalue weighted by atomic mass is 10.1. The molecule has 0 saturated carbocycles. The smallest absolute Gasteiger partial charge is 0.410 e. The number of hydrogen-bond acceptors (Lipinski definition) is 7. The van der Waals surface area contributed by atoms with E-state index in [9.17, 15) is 14.4 Å². The van der Waals surface area contributed by atoms with Gasteiger partial charge in [-0.1, -0.05) is 30.3 Å². The highest BCUT2D eigenvalue weighted by atomic mass is 16.6. The monoisotopic (exact) mass is 498 g/mol. The van der Waals surface area contributed by atoms with E-state index in [-0.39, 0.29) is 13.0 Å². The maximum Gasteiger partial charge on any atom is 0.410 e. The number of carboxylic acids is 1. The van der Waals surface area contributed by atoms with Crippen LogP contribution in [0.15, 0.2) is 58.8 Å². The molecule has 0 unspecified atom stereocenters. The molecule has 0 aliphatic carbocycles. The number of aryl methyl sites for hydroxylation is 1. The summed E-state index contributed by atoms with van der Waals surface area (Å²) in [4.78, 5) is 37.9. The van der Waals surface area contributed by atoms with Crippen LogP contribution in [0.2, 0.25) is 0 Å². The molecule has 0 aliphatic heterocycles. The molecule has 2 rings (SSSR count). The number of hydrogen-bond donors (Lipinski definition) is 1. The Kier molecular flexibility index (Phi) is 10.4. The van der Waals surface area contributed by atoms with Gasteiger partial charge in [0.25, 0.3) is 0 Å². The Hall–Kier alpha value is -3.95. The second-order valence-corrected chi connectivity index (χ2v) is 9.27. The van der Waals surface area contributed by atoms with Gasteiger partial charge in [-0.3, -0.25) is 4.79 Å². The van der Waals surface area contributed by atoms with E-state index >= 15 is 0 Å². The first-order valence-electron chi connectivity index (χ1n) is 11.6. The Morgan fingerprint density at radius 3 is 2.11 bits per heavy atom. The minimum Gasteiger partial charge on any atom is -0.481 e. The van der Waals surface area contributed by atoms with Crippen LogP contribution in [-0.4, -0.2) is 65.8 Å². The second-order valence-electron chi connectivity index (χ2n) is 9.27. The molecule has 0 spiro atoms. The molecule has 0 aromatic heterocycles. The normalized spacial score (nSPS) is 11.2. The molecule has 1 N–H and O–H groups in total. The van der Waals surface area contributed by atoms with E-state index < -0.39 is 23.8 Å². The van der Waals surface area contributed by atoms with Crippen molar-refractivity contribution in [2.24, 2.45) is 10.2 Å². The quantitative estimate of drug-likeness (QED) is 0.428. The summed E-state index contributed by atoms with van der Waals surface area (Å²) < 4.78 is 10.6. The third kappa shape index (κ3) is 10.1. The maximum atomic E-state index is 12.3. The number of aliphatic carboxylic acids is 1. The summed E-state index contributed by atoms with van der Waals surface area (Å²) in [6.07, 6.45) is -0.560. The van der Waals surface area contributed by atoms with Gasteiger partial charge in [0.1, 0.15) is 12.2 Å². The van der Waals surface area contributed by atoms with Crippen LogP contribution in [0.5, 0.6) is 0 Å². The molecule has 36 heavy (non-hydrogen) atoms. The standard InChI is InChI=1S/C26H34N4O6/c1-26(2,3)36-25(34)30(5)17-16-29(4)24(33)35-18-19-10-13-21(14-11-19)27-28-22-9-7-6-8-20(22)12-15-23(31)32/h6-11,13-14H,12,15-18H2,1-5H3,(H,31,32)/b28-27+. The van der Waals surface area contributed by atoms with Crippen LogP contribution in [0.4, 0.5) is 21.0 Å². The summed E-state index contributed by atoms with van der Waals surface area (Å²) in [5, 5.41) is 17.4. The average Bonchev–Trinajstić information content (AvgIpc) is 2.83. The first-order valence-corrected chi connectivity index (χ1v) is 11.6. The number of likely N-dealkylation sites (N-methyl/N-ethyl adjacent to an activating group) is 2. The molecule has 10 nitrogen and oxygen atoms in total. The predicted octanol–water partition coefficient (Wildman–Crippen LogP) is 5.55. The zero-order chi connectivity index (χ0) is 26.7. The minimum atomic E-state index is -0.864. The minimum absolute atomic E-state index is 0.0234. The van der Waals surface area contributed by atoms with E-state index in [1.165, 1.54) is 9.80 Å². The van der Waals surface area contributed by atoms with Crippen molar-refractivity contribution in [3.05, 3.63) is 59.7 Å². The summed E-state index contributed by atoms with van der Waals surface area (Å²) >= 11 is 0. The van der Waals surface area contributed by atoms with Crippen LogP contribution >= 0.6 is 0 Å². The molecule has 0 saturated heterocycles. The molecule has 0 fully saturated rings. The number of amides is 2. The zero-order valence-electron chi connectivity index (χ0n) is 21.4. The molecule has 0 radical (unpaired) electrons. The van der Waals surface area contributed by atoms with Gasteiger partial charge < -0.3 is 24.4 Å². The van der Waals surface area contributed by atoms with Crippen LogP contribution in [0.25, 0.3) is 0 Å². The zero-order valence-corrected chi connectivity index (χ0v) is 21.4. The largest absolute Gasteiger partial charge is 0.481 e. The highest BCUT2D eigenvalue weighted by Crippen LogP contribution is 2.24. The number of ether oxygens (including phenoxy) is 2. The molecule has 10 heteroatoms. The average molecular weight is 499 g/mol. The third-order valence-corrected chi connectivity index (χ3v) is 4.96. The van der Waals surface area contributed by atoms with Gasteiger partial charge in [-0.15, -0.1) is 0 Å². The van der Waals surface area contributed by atoms with Crippen molar-refractivity contribution in [3.63, 3.8) is 0 Å². The summed E-state index contributed by atoms with van der Waals surface area (Å²) in [5.74, 6) is -0.864. The molecule has 2 aromatic rings. The highest BCUT2D eigenvalue weighted by Gasteiger charge is 2.20. The van der Waals surface area contributed by atoms with Crippen molar-refractivity contribution in [3.8, 4) is 0 Å². The van der Waals surface area contributed by atoms with Crippen LogP contribution < -0.4 is 0 Å². The van der Waals surface area contributed by atoms with Crippen LogP contribution in [-0.2, 0) is 27.3 Å². The van der Waals surface area contributed by atoms with Gasteiger partial charge in [-0.05, 0) is 56.5 Å². The van der Waals surface area contributed by atoms with Gasteiger partial charge >= 0.3 is 18.2 Å². The Morgan fingerprint density at radius 2 is 1.50 bits per heavy atom. The van der Waals surface area contributed by atoms with Crippen LogP contribution in [0.1, 0.15) is 38.3 Å². The fourth-order valence-corrected chi connectivity index (χ4v) is 2.91. The Balaban J connectivity index is 1.83. The van der Waals surface area contributed by atoms with Gasteiger partial charge in [0.05, 0.1) is 11.4 Å². The third-order valence-electron chi connectivity index (χ3n) is 4.96. The molecule has 2 aromatic carbocycles. The summed E-state index contributed by atoms with van der Waals surface area (Å²) in [5.41, 5.74) is 2.24. The van der Waals surface area contributed by atoms with E-state index in [2.05, 4.69) is 10.2 Å². The number of carbonyl (C=O) groups is 3. The number of carboxylic acid groups (broad SMARTS) is 1. The SMILES string of the molecule is CN(CCN(C)C(=O)OC(C)(C)C)C(=O)OCc1ccc(/N=N/c2ccccc2CCC(=O)O)cc1. The molecule has 0 atom stereocenters. The van der Waals surface area contributed by atoms with Crippen molar-refractivity contribution in [2.45, 2.75) is 45.8 Å². The Labute approximate surface area is 211 Å². The summed E-state index contributed by atoms with van der Waals surface area (Å²) in [6.45, 7) is 6.06. The molecule has 0 aliphatic rings. The lowest BCUT2D eigenvalue weighted by Gasteiger charge is -2.26. The van der Waals surface area contributed by atoms with Crippen molar-refractivity contribution in [1.82, 2.24) is 9.80 Å². The Morgan fingerprint density at radius 1 is 0.889 bits per heavy atom. The summed E-state index contributed by atoms with van der Waals surface area (Å²) in [6, 6.07) is 14.4. The lowest BCUT2D eigenvalue weighted by molar-refractivity contribution is -0.136. The predicted molar refractivity (Wildman–Crippen MR) is 135 cm³/mol. The van der Waals surface area contributed by atoms with Crippen LogP contribution in [0.3, 0.4) is 0 Å². The van der Waals surface area contributed by atoms with Gasteiger partial charge in [-0.2, -0.15) is 10.2 Å². The van der Waals surface area contributed by atoms with E-state index in [1.54, 1.807) is 65.2 Å². The number of carbonyl (C=O) groups excluding carboxylic acids is 2. The number of nitrogens with zero attached hydrogens (tertiary/aromatic N) is 4. The fourth-order valence-electron chi connectivity index (χ4n) is 2.91. The van der Waals surface area contributed by atoms with Crippen molar-refractivity contribution >= 4 is 29.5 Å². The molecule has 2 amide bonds. The fraction of sp³-hybridized carbons (Fsp3) is 0.423. The van der Waals surface area contributed by atoms with E-state index in [4.69, 9.17) is 14.6 Å². The van der Waals surface area contributed by atoms with E-state index in [1.807, 2.05) is 18.2 Å². The first-order chi connectivity index (χ1) is 16.9. The second kappa shape index (κ2) is 13.2. The van der Waals surface area contributed by atoms with Crippen molar-refractivity contribution in [2.75, 3.05) is 27.2 Å². The molecular weight excluding hydrogens is 464 g/mol. The molecule has 0 bridgehead atoms. The van der Waals surface area contributed by atoms with Crippen LogP contribution in [0, 0.1) is 0 Å². The van der Waals surface area contributed by atoms with Crippen molar-refractivity contribution < 1.29 is 29.0 Å². The lowest BCUT2D eigenvalue weighted by Crippen LogP contribution is -2.40. The number of rotatable bonds is 10. The highest BCUT2D eigenvalue weighted by molar-refractivity contribution is 5.69. The van der Waals surface area contributed by atoms with E-state index in [0.29, 0.717) is 30.9 Å². The van der Waals surface area contributed by atoms with Gasteiger partial charge in [0, 0.05) is 33.6 Å². The first kappa shape index (κ1) is 28.3. The maximum absolute atomic E-state index is 12.3. The summed E-state index contributed by atoms with van der Waals surface area (Å²) in [7, 11) is 3.21. The number of benzene rings is 2. The van der Waals surface area contributed by atoms with E-state index in [0.717, 1.165) is 11.1 Å². The Bertz CT molecular complexity index is 1060. The van der Waals surface area contributed by atoms with Gasteiger partial charge in [0.2, 0.25) is 0 Å². The number of azo groups is 1.